The van der Waals surface area contributed by atoms with Gasteiger partial charge in [-0.25, -0.2) is 0 Å². The molecule has 18 heavy (non-hydrogen) atoms. The van der Waals surface area contributed by atoms with Crippen molar-refractivity contribution in [3.05, 3.63) is 53.1 Å². The van der Waals surface area contributed by atoms with Gasteiger partial charge in [-0.3, -0.25) is 4.79 Å². The molecular formula is C17H20O. The summed E-state index contributed by atoms with van der Waals surface area (Å²) in [6.07, 6.45) is 11.1. The molecule has 0 N–H and O–H groups in total. The van der Waals surface area contributed by atoms with Crippen LogP contribution in [0.5, 0.6) is 0 Å². The summed E-state index contributed by atoms with van der Waals surface area (Å²) in [5, 5.41) is 0. The number of aryl methyl sites for hydroxylation is 1. The van der Waals surface area contributed by atoms with Gasteiger partial charge in [0.1, 0.15) is 0 Å². The van der Waals surface area contributed by atoms with E-state index in [4.69, 9.17) is 0 Å². The highest BCUT2D eigenvalue weighted by Gasteiger charge is 2.08. The molecule has 1 aromatic carbocycles. The van der Waals surface area contributed by atoms with E-state index in [9.17, 15) is 4.79 Å². The van der Waals surface area contributed by atoms with Crippen molar-refractivity contribution in [1.82, 2.24) is 0 Å². The summed E-state index contributed by atoms with van der Waals surface area (Å²) < 4.78 is 0. The van der Waals surface area contributed by atoms with Crippen LogP contribution in [-0.4, -0.2) is 5.78 Å². The molecule has 0 unspecified atom stereocenters. The summed E-state index contributed by atoms with van der Waals surface area (Å²) in [5.74, 6) is 0.175. The van der Waals surface area contributed by atoms with Crippen molar-refractivity contribution in [1.29, 1.82) is 0 Å². The van der Waals surface area contributed by atoms with Crippen molar-refractivity contribution in [2.24, 2.45) is 0 Å². The van der Waals surface area contributed by atoms with Crippen molar-refractivity contribution in [3.8, 4) is 0 Å². The monoisotopic (exact) mass is 240 g/mol. The zero-order valence-electron chi connectivity index (χ0n) is 11.0. The highest BCUT2D eigenvalue weighted by molar-refractivity contribution is 6.06. The number of rotatable bonds is 4. The van der Waals surface area contributed by atoms with Crippen molar-refractivity contribution >= 4 is 11.9 Å². The van der Waals surface area contributed by atoms with Crippen LogP contribution in [-0.2, 0) is 11.2 Å². The molecule has 1 heteroatoms. The van der Waals surface area contributed by atoms with E-state index in [2.05, 4.69) is 37.3 Å². The number of hydrogen-bond donors (Lipinski definition) is 0. The number of allylic oxidation sites excluding steroid dienone is 3. The molecule has 0 bridgehead atoms. The number of ketones is 1. The van der Waals surface area contributed by atoms with Crippen molar-refractivity contribution in [2.75, 3.05) is 0 Å². The van der Waals surface area contributed by atoms with Crippen LogP contribution in [0.4, 0.5) is 0 Å². The van der Waals surface area contributed by atoms with Crippen LogP contribution in [0, 0.1) is 0 Å². The lowest BCUT2D eigenvalue weighted by Gasteiger charge is -2.08. The SMILES string of the molecule is CCc1ccc(/C=C/C(=O)C2=CCCCC2)cc1. The van der Waals surface area contributed by atoms with Gasteiger partial charge in [0.25, 0.3) is 0 Å². The van der Waals surface area contributed by atoms with E-state index in [1.807, 2.05) is 6.08 Å². The lowest BCUT2D eigenvalue weighted by atomic mass is 9.96. The van der Waals surface area contributed by atoms with E-state index in [1.165, 1.54) is 12.0 Å². The standard InChI is InChI=1S/C17H20O/c1-2-14-8-10-15(11-9-14)12-13-17(18)16-6-4-3-5-7-16/h6,8-13H,2-5,7H2,1H3/b13-12+. The van der Waals surface area contributed by atoms with E-state index < -0.39 is 0 Å². The third-order valence-electron chi connectivity index (χ3n) is 3.42. The second kappa shape index (κ2) is 6.34. The molecule has 0 saturated carbocycles. The van der Waals surface area contributed by atoms with Crippen LogP contribution < -0.4 is 0 Å². The Morgan fingerprint density at radius 2 is 2.00 bits per heavy atom. The van der Waals surface area contributed by atoms with E-state index in [0.717, 1.165) is 36.8 Å². The summed E-state index contributed by atoms with van der Waals surface area (Å²) in [5.41, 5.74) is 3.41. The summed E-state index contributed by atoms with van der Waals surface area (Å²) in [7, 11) is 0. The van der Waals surface area contributed by atoms with Crippen LogP contribution in [0.25, 0.3) is 6.08 Å². The molecule has 0 spiro atoms. The van der Waals surface area contributed by atoms with Gasteiger partial charge in [0.15, 0.2) is 5.78 Å². The molecule has 1 aliphatic rings. The smallest absolute Gasteiger partial charge is 0.181 e. The van der Waals surface area contributed by atoms with Crippen LogP contribution in [0.2, 0.25) is 0 Å². The van der Waals surface area contributed by atoms with Gasteiger partial charge in [0.2, 0.25) is 0 Å². The minimum atomic E-state index is 0.175. The molecule has 0 aromatic heterocycles. The fourth-order valence-corrected chi connectivity index (χ4v) is 2.21. The highest BCUT2D eigenvalue weighted by atomic mass is 16.1. The summed E-state index contributed by atoms with van der Waals surface area (Å²) in [6, 6.07) is 8.36. The molecule has 0 saturated heterocycles. The molecule has 0 fully saturated rings. The average Bonchev–Trinajstić information content (AvgIpc) is 2.46. The molecule has 94 valence electrons. The summed E-state index contributed by atoms with van der Waals surface area (Å²) in [6.45, 7) is 2.14. The van der Waals surface area contributed by atoms with Crippen LogP contribution in [0.1, 0.15) is 43.7 Å². The molecule has 1 aromatic rings. The van der Waals surface area contributed by atoms with E-state index in [-0.39, 0.29) is 5.78 Å². The topological polar surface area (TPSA) is 17.1 Å². The van der Waals surface area contributed by atoms with Crippen LogP contribution in [0.15, 0.2) is 42.0 Å². The zero-order valence-corrected chi connectivity index (χ0v) is 11.0. The molecule has 1 aliphatic carbocycles. The van der Waals surface area contributed by atoms with Crippen LogP contribution in [0.3, 0.4) is 0 Å². The number of benzene rings is 1. The molecule has 1 nitrogen and oxygen atoms in total. The maximum Gasteiger partial charge on any atom is 0.181 e. The first-order valence-electron chi connectivity index (χ1n) is 6.80. The molecule has 0 heterocycles. The molecule has 0 aliphatic heterocycles. The number of carbonyl (C=O) groups excluding carboxylic acids is 1. The van der Waals surface area contributed by atoms with Gasteiger partial charge in [-0.05, 0) is 54.9 Å². The fraction of sp³-hybridized carbons (Fsp3) is 0.353. The first kappa shape index (κ1) is 12.8. The Morgan fingerprint density at radius 3 is 2.61 bits per heavy atom. The van der Waals surface area contributed by atoms with Gasteiger partial charge in [-0.15, -0.1) is 0 Å². The molecule has 0 atom stereocenters. The number of hydrogen-bond acceptors (Lipinski definition) is 1. The predicted molar refractivity (Wildman–Crippen MR) is 76.4 cm³/mol. The third kappa shape index (κ3) is 3.43. The Hall–Kier alpha value is -1.63. The maximum absolute atomic E-state index is 11.9. The Bertz CT molecular complexity index is 463. The lowest BCUT2D eigenvalue weighted by Crippen LogP contribution is -2.02. The predicted octanol–water partition coefficient (Wildman–Crippen LogP) is 4.33. The normalized spacial score (nSPS) is 15.7. The molecule has 0 amide bonds. The van der Waals surface area contributed by atoms with Gasteiger partial charge in [0.05, 0.1) is 0 Å². The van der Waals surface area contributed by atoms with Crippen molar-refractivity contribution < 1.29 is 4.79 Å². The molecular weight excluding hydrogens is 220 g/mol. The van der Waals surface area contributed by atoms with E-state index >= 15 is 0 Å². The minimum Gasteiger partial charge on any atom is -0.290 e. The largest absolute Gasteiger partial charge is 0.290 e. The Kier molecular flexibility index (Phi) is 4.52. The fourth-order valence-electron chi connectivity index (χ4n) is 2.21. The minimum absolute atomic E-state index is 0.175. The quantitative estimate of drug-likeness (QED) is 0.716. The van der Waals surface area contributed by atoms with Gasteiger partial charge < -0.3 is 0 Å². The van der Waals surface area contributed by atoms with Gasteiger partial charge in [0, 0.05) is 0 Å². The average molecular weight is 240 g/mol. The number of carbonyl (C=O) groups is 1. The Balaban J connectivity index is 2.01. The van der Waals surface area contributed by atoms with E-state index in [1.54, 1.807) is 6.08 Å². The summed E-state index contributed by atoms with van der Waals surface area (Å²) >= 11 is 0. The lowest BCUT2D eigenvalue weighted by molar-refractivity contribution is -0.111. The molecule has 0 radical (unpaired) electrons. The second-order valence-corrected chi connectivity index (χ2v) is 4.77. The molecule has 2 rings (SSSR count). The first-order valence-corrected chi connectivity index (χ1v) is 6.80. The van der Waals surface area contributed by atoms with Crippen LogP contribution >= 0.6 is 0 Å². The Labute approximate surface area is 109 Å². The first-order chi connectivity index (χ1) is 8.79. The van der Waals surface area contributed by atoms with Crippen molar-refractivity contribution in [2.45, 2.75) is 39.0 Å². The van der Waals surface area contributed by atoms with E-state index in [0.29, 0.717) is 0 Å². The van der Waals surface area contributed by atoms with Gasteiger partial charge in [-0.1, -0.05) is 43.3 Å². The second-order valence-electron chi connectivity index (χ2n) is 4.77. The maximum atomic E-state index is 11.9. The third-order valence-corrected chi connectivity index (χ3v) is 3.42. The Morgan fingerprint density at radius 1 is 1.22 bits per heavy atom. The highest BCUT2D eigenvalue weighted by Crippen LogP contribution is 2.18. The van der Waals surface area contributed by atoms with Gasteiger partial charge >= 0.3 is 0 Å². The van der Waals surface area contributed by atoms with Gasteiger partial charge in [-0.2, -0.15) is 0 Å². The summed E-state index contributed by atoms with van der Waals surface area (Å²) in [4.78, 5) is 11.9. The van der Waals surface area contributed by atoms with Crippen molar-refractivity contribution in [3.63, 3.8) is 0 Å². The zero-order chi connectivity index (χ0) is 12.8.